The first-order chi connectivity index (χ1) is 9.64. The molecule has 0 saturated heterocycles. The summed E-state index contributed by atoms with van der Waals surface area (Å²) in [5.41, 5.74) is 2.09. The minimum Gasteiger partial charge on any atom is -0.481 e. The predicted octanol–water partition coefficient (Wildman–Crippen LogP) is 3.91. The first-order valence-corrected chi connectivity index (χ1v) is 7.77. The van der Waals surface area contributed by atoms with Crippen molar-refractivity contribution in [3.63, 3.8) is 0 Å². The van der Waals surface area contributed by atoms with Gasteiger partial charge in [-0.3, -0.25) is 4.79 Å². The van der Waals surface area contributed by atoms with Gasteiger partial charge in [-0.1, -0.05) is 36.8 Å². The molecule has 0 spiro atoms. The van der Waals surface area contributed by atoms with E-state index in [-0.39, 0.29) is 11.8 Å². The summed E-state index contributed by atoms with van der Waals surface area (Å²) in [5, 5.41) is 18.9. The molecule has 0 aromatic rings. The fraction of sp³-hybridized carbons (Fsp3) is 0.722. The van der Waals surface area contributed by atoms with E-state index in [1.165, 1.54) is 24.0 Å². The standard InChI is InChI=1S/C18H28O3/c1-14-8-7-11-17(2,3)15(14)10-13-18(4,21)12-6-5-9-16(19)20/h21H,5,7-11,13H2,1-4H3,(H,19,20). The van der Waals surface area contributed by atoms with Crippen molar-refractivity contribution in [3.8, 4) is 11.8 Å². The molecule has 0 amide bonds. The lowest BCUT2D eigenvalue weighted by atomic mass is 9.70. The molecule has 1 unspecified atom stereocenters. The summed E-state index contributed by atoms with van der Waals surface area (Å²) in [6.07, 6.45) is 5.38. The van der Waals surface area contributed by atoms with Gasteiger partial charge in [0.15, 0.2) is 0 Å². The molecular formula is C18H28O3. The Bertz CT molecular complexity index is 472. The molecule has 1 atom stereocenters. The topological polar surface area (TPSA) is 57.5 Å². The van der Waals surface area contributed by atoms with E-state index in [1.54, 1.807) is 6.92 Å². The molecule has 0 aromatic heterocycles. The summed E-state index contributed by atoms with van der Waals surface area (Å²) >= 11 is 0. The van der Waals surface area contributed by atoms with Crippen LogP contribution in [0.2, 0.25) is 0 Å². The molecule has 0 fully saturated rings. The predicted molar refractivity (Wildman–Crippen MR) is 84.8 cm³/mol. The highest BCUT2D eigenvalue weighted by Gasteiger charge is 2.29. The van der Waals surface area contributed by atoms with Crippen molar-refractivity contribution >= 4 is 5.97 Å². The van der Waals surface area contributed by atoms with E-state index in [1.807, 2.05) is 0 Å². The zero-order valence-corrected chi connectivity index (χ0v) is 13.8. The van der Waals surface area contributed by atoms with Crippen LogP contribution in [-0.4, -0.2) is 21.8 Å². The second-order valence-corrected chi connectivity index (χ2v) is 6.97. The first-order valence-electron chi connectivity index (χ1n) is 7.77. The van der Waals surface area contributed by atoms with Gasteiger partial charge in [0.05, 0.1) is 6.42 Å². The van der Waals surface area contributed by atoms with E-state index in [4.69, 9.17) is 5.11 Å². The maximum atomic E-state index is 10.4. The third kappa shape index (κ3) is 5.93. The smallest absolute Gasteiger partial charge is 0.304 e. The van der Waals surface area contributed by atoms with Crippen LogP contribution < -0.4 is 0 Å². The van der Waals surface area contributed by atoms with Gasteiger partial charge in [-0.05, 0) is 51.4 Å². The number of hydrogen-bond donors (Lipinski definition) is 2. The molecule has 0 bridgehead atoms. The van der Waals surface area contributed by atoms with Gasteiger partial charge in [0.25, 0.3) is 0 Å². The molecule has 0 aliphatic heterocycles. The molecule has 1 rings (SSSR count). The van der Waals surface area contributed by atoms with Gasteiger partial charge < -0.3 is 10.2 Å². The van der Waals surface area contributed by atoms with Crippen molar-refractivity contribution in [1.82, 2.24) is 0 Å². The Balaban J connectivity index is 2.62. The molecule has 3 heteroatoms. The second-order valence-electron chi connectivity index (χ2n) is 6.97. The van der Waals surface area contributed by atoms with Crippen molar-refractivity contribution < 1.29 is 15.0 Å². The molecule has 1 aliphatic rings. The highest BCUT2D eigenvalue weighted by molar-refractivity contribution is 5.67. The summed E-state index contributed by atoms with van der Waals surface area (Å²) in [6, 6.07) is 0. The van der Waals surface area contributed by atoms with Crippen LogP contribution in [-0.2, 0) is 4.79 Å². The number of allylic oxidation sites excluding steroid dienone is 2. The quantitative estimate of drug-likeness (QED) is 0.596. The van der Waals surface area contributed by atoms with Gasteiger partial charge >= 0.3 is 5.97 Å². The van der Waals surface area contributed by atoms with E-state index in [9.17, 15) is 9.90 Å². The molecule has 3 nitrogen and oxygen atoms in total. The van der Waals surface area contributed by atoms with E-state index in [2.05, 4.69) is 32.6 Å². The summed E-state index contributed by atoms with van der Waals surface area (Å²) in [6.45, 7) is 8.46. The number of carboxylic acid groups (broad SMARTS) is 1. The van der Waals surface area contributed by atoms with Crippen molar-refractivity contribution in [2.45, 2.75) is 78.2 Å². The Labute approximate surface area is 128 Å². The van der Waals surface area contributed by atoms with Gasteiger partial charge in [0, 0.05) is 6.42 Å². The van der Waals surface area contributed by atoms with Crippen LogP contribution in [0.25, 0.3) is 0 Å². The average Bonchev–Trinajstić information content (AvgIpc) is 2.33. The number of aliphatic hydroxyl groups is 1. The van der Waals surface area contributed by atoms with Crippen molar-refractivity contribution in [1.29, 1.82) is 0 Å². The largest absolute Gasteiger partial charge is 0.481 e. The molecule has 21 heavy (non-hydrogen) atoms. The maximum Gasteiger partial charge on any atom is 0.304 e. The second kappa shape index (κ2) is 7.13. The Morgan fingerprint density at radius 2 is 2.10 bits per heavy atom. The molecular weight excluding hydrogens is 264 g/mol. The molecule has 118 valence electrons. The zero-order valence-electron chi connectivity index (χ0n) is 13.8. The third-order valence-corrected chi connectivity index (χ3v) is 4.37. The van der Waals surface area contributed by atoms with Gasteiger partial charge in [-0.2, -0.15) is 0 Å². The minimum absolute atomic E-state index is 0.0281. The zero-order chi connectivity index (χ0) is 16.1. The summed E-state index contributed by atoms with van der Waals surface area (Å²) in [7, 11) is 0. The van der Waals surface area contributed by atoms with Crippen LogP contribution in [0, 0.1) is 17.3 Å². The van der Waals surface area contributed by atoms with E-state index in [0.717, 1.165) is 12.8 Å². The lowest BCUT2D eigenvalue weighted by molar-refractivity contribution is -0.136. The van der Waals surface area contributed by atoms with E-state index < -0.39 is 11.6 Å². The summed E-state index contributed by atoms with van der Waals surface area (Å²) in [4.78, 5) is 10.4. The molecule has 1 aliphatic carbocycles. The van der Waals surface area contributed by atoms with E-state index >= 15 is 0 Å². The van der Waals surface area contributed by atoms with Gasteiger partial charge in [0.1, 0.15) is 5.60 Å². The minimum atomic E-state index is -1.04. The highest BCUT2D eigenvalue weighted by atomic mass is 16.4. The van der Waals surface area contributed by atoms with Crippen LogP contribution in [0.5, 0.6) is 0 Å². The molecule has 0 heterocycles. The number of aliphatic carboxylic acids is 1. The Morgan fingerprint density at radius 1 is 1.43 bits per heavy atom. The Hall–Kier alpha value is -1.27. The van der Waals surface area contributed by atoms with Gasteiger partial charge in [-0.25, -0.2) is 0 Å². The molecule has 0 saturated carbocycles. The lowest BCUT2D eigenvalue weighted by Gasteiger charge is -2.35. The Morgan fingerprint density at radius 3 is 2.67 bits per heavy atom. The lowest BCUT2D eigenvalue weighted by Crippen LogP contribution is -2.26. The SMILES string of the molecule is CC1=C(CCC(C)(O)C#CCCC(=O)O)C(C)(C)CCC1. The van der Waals surface area contributed by atoms with Crippen LogP contribution in [0.15, 0.2) is 11.1 Å². The van der Waals surface area contributed by atoms with E-state index in [0.29, 0.717) is 12.8 Å². The first kappa shape index (κ1) is 17.8. The number of rotatable bonds is 5. The monoisotopic (exact) mass is 292 g/mol. The van der Waals surface area contributed by atoms with Crippen LogP contribution in [0.3, 0.4) is 0 Å². The van der Waals surface area contributed by atoms with Crippen LogP contribution in [0.1, 0.15) is 72.6 Å². The fourth-order valence-corrected chi connectivity index (χ4v) is 3.08. The van der Waals surface area contributed by atoms with Crippen molar-refractivity contribution in [2.75, 3.05) is 0 Å². The normalized spacial score (nSPS) is 20.4. The van der Waals surface area contributed by atoms with Gasteiger partial charge in [-0.15, -0.1) is 0 Å². The van der Waals surface area contributed by atoms with Gasteiger partial charge in [0.2, 0.25) is 0 Å². The number of carbonyl (C=O) groups is 1. The summed E-state index contributed by atoms with van der Waals surface area (Å²) in [5.74, 6) is 4.74. The fourth-order valence-electron chi connectivity index (χ4n) is 3.08. The van der Waals surface area contributed by atoms with Crippen molar-refractivity contribution in [3.05, 3.63) is 11.1 Å². The number of carboxylic acids is 1. The Kier molecular flexibility index (Phi) is 6.04. The molecule has 0 aromatic carbocycles. The highest BCUT2D eigenvalue weighted by Crippen LogP contribution is 2.42. The van der Waals surface area contributed by atoms with Crippen LogP contribution >= 0.6 is 0 Å². The summed E-state index contributed by atoms with van der Waals surface area (Å²) < 4.78 is 0. The average molecular weight is 292 g/mol. The maximum absolute atomic E-state index is 10.4. The van der Waals surface area contributed by atoms with Crippen LogP contribution in [0.4, 0.5) is 0 Å². The third-order valence-electron chi connectivity index (χ3n) is 4.37. The molecule has 0 radical (unpaired) electrons. The molecule has 2 N–H and O–H groups in total. The van der Waals surface area contributed by atoms with Crippen molar-refractivity contribution in [2.24, 2.45) is 5.41 Å². The number of hydrogen-bond acceptors (Lipinski definition) is 2.